The molecule has 1 N–H and O–H groups in total. The zero-order valence-electron chi connectivity index (χ0n) is 19.7. The molecular formula is C28H32FN3O2. The van der Waals surface area contributed by atoms with Gasteiger partial charge >= 0.3 is 0 Å². The number of carbonyl (C=O) groups excluding carboxylic acids is 1. The van der Waals surface area contributed by atoms with E-state index in [1.54, 1.807) is 25.4 Å². The minimum absolute atomic E-state index is 0.0258. The first kappa shape index (κ1) is 23.9. The number of pyridine rings is 1. The number of carbonyl (C=O) groups is 1. The number of halogens is 1. The summed E-state index contributed by atoms with van der Waals surface area (Å²) in [5.41, 5.74) is 3.67. The van der Waals surface area contributed by atoms with Gasteiger partial charge in [0, 0.05) is 37.3 Å². The molecule has 5 nitrogen and oxygen atoms in total. The predicted molar refractivity (Wildman–Crippen MR) is 132 cm³/mol. The van der Waals surface area contributed by atoms with Crippen molar-refractivity contribution in [1.29, 1.82) is 0 Å². The Bertz CT molecular complexity index is 1050. The second-order valence-corrected chi connectivity index (χ2v) is 8.76. The second-order valence-electron chi connectivity index (χ2n) is 8.76. The average Bonchev–Trinajstić information content (AvgIpc) is 3.40. The van der Waals surface area contributed by atoms with Crippen molar-refractivity contribution in [3.63, 3.8) is 0 Å². The van der Waals surface area contributed by atoms with Gasteiger partial charge < -0.3 is 15.0 Å². The van der Waals surface area contributed by atoms with E-state index < -0.39 is 0 Å². The summed E-state index contributed by atoms with van der Waals surface area (Å²) in [6, 6.07) is 18.2. The smallest absolute Gasteiger partial charge is 0.252 e. The quantitative estimate of drug-likeness (QED) is 0.470. The van der Waals surface area contributed by atoms with E-state index in [1.165, 1.54) is 38.1 Å². The standard InChI is InChI=1S/C28H32FN3O2/c1-34-26-12-7-22(8-13-26)27(21-4-9-24(29)10-5-21)14-16-30-28(33)23-6-11-25(31-20-23)15-19-32-17-2-3-18-32/h4-13,20,27H,2-3,14-19H2,1H3,(H,30,33). The van der Waals surface area contributed by atoms with Gasteiger partial charge in [-0.05, 0) is 79.9 Å². The molecule has 1 amide bonds. The first-order chi connectivity index (χ1) is 16.6. The van der Waals surface area contributed by atoms with E-state index >= 15 is 0 Å². The Morgan fingerprint density at radius 2 is 1.71 bits per heavy atom. The van der Waals surface area contributed by atoms with Crippen LogP contribution in [0, 0.1) is 5.82 Å². The monoisotopic (exact) mass is 461 g/mol. The maximum absolute atomic E-state index is 13.5. The Kier molecular flexibility index (Phi) is 8.26. The number of ether oxygens (including phenoxy) is 1. The molecule has 3 aromatic rings. The van der Waals surface area contributed by atoms with Crippen molar-refractivity contribution in [2.24, 2.45) is 0 Å². The summed E-state index contributed by atoms with van der Waals surface area (Å²) in [6.45, 7) is 3.87. The third-order valence-electron chi connectivity index (χ3n) is 6.48. The minimum atomic E-state index is -0.262. The lowest BCUT2D eigenvalue weighted by atomic mass is 9.88. The first-order valence-corrected chi connectivity index (χ1v) is 12.0. The number of benzene rings is 2. The van der Waals surface area contributed by atoms with E-state index in [2.05, 4.69) is 15.2 Å². The third-order valence-corrected chi connectivity index (χ3v) is 6.48. The number of hydrogen-bond acceptors (Lipinski definition) is 4. The van der Waals surface area contributed by atoms with E-state index in [4.69, 9.17) is 4.74 Å². The number of nitrogens with zero attached hydrogens (tertiary/aromatic N) is 2. The van der Waals surface area contributed by atoms with Gasteiger partial charge in [-0.25, -0.2) is 4.39 Å². The van der Waals surface area contributed by atoms with Crippen molar-refractivity contribution >= 4 is 5.91 Å². The van der Waals surface area contributed by atoms with Crippen molar-refractivity contribution in [3.05, 3.63) is 95.1 Å². The maximum atomic E-state index is 13.5. The Morgan fingerprint density at radius 1 is 1.03 bits per heavy atom. The van der Waals surface area contributed by atoms with E-state index in [1.807, 2.05) is 36.4 Å². The van der Waals surface area contributed by atoms with E-state index in [9.17, 15) is 9.18 Å². The van der Waals surface area contributed by atoms with Crippen molar-refractivity contribution < 1.29 is 13.9 Å². The van der Waals surface area contributed by atoms with Crippen molar-refractivity contribution in [3.8, 4) is 5.75 Å². The highest BCUT2D eigenvalue weighted by atomic mass is 19.1. The van der Waals surface area contributed by atoms with Crippen LogP contribution in [0.4, 0.5) is 4.39 Å². The van der Waals surface area contributed by atoms with Gasteiger partial charge in [0.1, 0.15) is 11.6 Å². The molecule has 6 heteroatoms. The van der Waals surface area contributed by atoms with Crippen LogP contribution in [0.2, 0.25) is 0 Å². The number of nitrogens with one attached hydrogen (secondary N) is 1. The molecule has 2 aromatic carbocycles. The van der Waals surface area contributed by atoms with Crippen molar-refractivity contribution in [1.82, 2.24) is 15.2 Å². The fraction of sp³-hybridized carbons (Fsp3) is 0.357. The second kappa shape index (κ2) is 11.7. The van der Waals surface area contributed by atoms with Gasteiger partial charge in [-0.1, -0.05) is 24.3 Å². The highest BCUT2D eigenvalue weighted by Crippen LogP contribution is 2.29. The van der Waals surface area contributed by atoms with Crippen LogP contribution in [0.3, 0.4) is 0 Å². The molecule has 178 valence electrons. The molecule has 0 saturated carbocycles. The SMILES string of the molecule is COc1ccc(C(CCNC(=O)c2ccc(CCN3CCCC3)nc2)c2ccc(F)cc2)cc1. The summed E-state index contributed by atoms with van der Waals surface area (Å²) >= 11 is 0. The van der Waals surface area contributed by atoms with Crippen LogP contribution >= 0.6 is 0 Å². The molecule has 1 aliphatic heterocycles. The molecular weight excluding hydrogens is 429 g/mol. The van der Waals surface area contributed by atoms with Gasteiger partial charge in [0.2, 0.25) is 0 Å². The Balaban J connectivity index is 1.34. The van der Waals surface area contributed by atoms with Crippen LogP contribution in [0.5, 0.6) is 5.75 Å². The van der Waals surface area contributed by atoms with Crippen LogP contribution < -0.4 is 10.1 Å². The van der Waals surface area contributed by atoms with Gasteiger partial charge in [0.25, 0.3) is 5.91 Å². The lowest BCUT2D eigenvalue weighted by Gasteiger charge is -2.19. The zero-order valence-corrected chi connectivity index (χ0v) is 19.7. The van der Waals surface area contributed by atoms with E-state index in [-0.39, 0.29) is 17.6 Å². The fourth-order valence-corrected chi connectivity index (χ4v) is 4.47. The molecule has 0 radical (unpaired) electrons. The number of likely N-dealkylation sites (tertiary alicyclic amines) is 1. The third kappa shape index (κ3) is 6.41. The highest BCUT2D eigenvalue weighted by Gasteiger charge is 2.16. The van der Waals surface area contributed by atoms with E-state index in [0.29, 0.717) is 18.5 Å². The molecule has 1 atom stereocenters. The molecule has 1 fully saturated rings. The lowest BCUT2D eigenvalue weighted by Crippen LogP contribution is -2.26. The van der Waals surface area contributed by atoms with Crippen LogP contribution in [-0.2, 0) is 6.42 Å². The molecule has 2 heterocycles. The van der Waals surface area contributed by atoms with Crippen LogP contribution in [-0.4, -0.2) is 49.1 Å². The van der Waals surface area contributed by atoms with Gasteiger partial charge in [-0.2, -0.15) is 0 Å². The molecule has 0 spiro atoms. The summed E-state index contributed by atoms with van der Waals surface area (Å²) < 4.78 is 18.7. The number of rotatable bonds is 10. The maximum Gasteiger partial charge on any atom is 0.252 e. The normalized spacial score (nSPS) is 14.6. The minimum Gasteiger partial charge on any atom is -0.497 e. The summed E-state index contributed by atoms with van der Waals surface area (Å²) in [5.74, 6) is 0.414. The summed E-state index contributed by atoms with van der Waals surface area (Å²) in [6.07, 6.45) is 5.82. The fourth-order valence-electron chi connectivity index (χ4n) is 4.47. The van der Waals surface area contributed by atoms with Crippen LogP contribution in [0.15, 0.2) is 66.9 Å². The Labute approximate surface area is 201 Å². The van der Waals surface area contributed by atoms with E-state index in [0.717, 1.165) is 35.5 Å². The molecule has 1 aliphatic rings. The van der Waals surface area contributed by atoms with Gasteiger partial charge in [-0.15, -0.1) is 0 Å². The average molecular weight is 462 g/mol. The number of amides is 1. The topological polar surface area (TPSA) is 54.5 Å². The first-order valence-electron chi connectivity index (χ1n) is 12.0. The van der Waals surface area contributed by atoms with Crippen molar-refractivity contribution in [2.45, 2.75) is 31.6 Å². The Morgan fingerprint density at radius 3 is 2.32 bits per heavy atom. The predicted octanol–water partition coefficient (Wildman–Crippen LogP) is 4.82. The summed E-state index contributed by atoms with van der Waals surface area (Å²) in [7, 11) is 1.64. The molecule has 4 rings (SSSR count). The van der Waals surface area contributed by atoms with Crippen LogP contribution in [0.1, 0.15) is 52.4 Å². The lowest BCUT2D eigenvalue weighted by molar-refractivity contribution is 0.0952. The highest BCUT2D eigenvalue weighted by molar-refractivity contribution is 5.93. The molecule has 0 bridgehead atoms. The largest absolute Gasteiger partial charge is 0.497 e. The zero-order chi connectivity index (χ0) is 23.8. The van der Waals surface area contributed by atoms with Crippen molar-refractivity contribution in [2.75, 3.05) is 33.3 Å². The number of methoxy groups -OCH3 is 1. The number of aromatic nitrogens is 1. The summed E-state index contributed by atoms with van der Waals surface area (Å²) in [5, 5.41) is 3.01. The summed E-state index contributed by atoms with van der Waals surface area (Å²) in [4.78, 5) is 19.6. The van der Waals surface area contributed by atoms with Crippen LogP contribution in [0.25, 0.3) is 0 Å². The molecule has 0 aliphatic carbocycles. The Hall–Kier alpha value is -3.25. The molecule has 1 saturated heterocycles. The van der Waals surface area contributed by atoms with Gasteiger partial charge in [-0.3, -0.25) is 9.78 Å². The number of hydrogen-bond donors (Lipinski definition) is 1. The van der Waals surface area contributed by atoms with Gasteiger partial charge in [0.05, 0.1) is 12.7 Å². The van der Waals surface area contributed by atoms with Gasteiger partial charge in [0.15, 0.2) is 0 Å². The molecule has 34 heavy (non-hydrogen) atoms. The molecule has 1 aromatic heterocycles. The molecule has 1 unspecified atom stereocenters.